The molecule has 180 valence electrons. The van der Waals surface area contributed by atoms with E-state index in [1.165, 1.54) is 6.07 Å². The van der Waals surface area contributed by atoms with Crippen molar-refractivity contribution in [2.24, 2.45) is 11.7 Å². The first-order valence-electron chi connectivity index (χ1n) is 11.2. The Morgan fingerprint density at radius 3 is 2.65 bits per heavy atom. The second-order valence-corrected chi connectivity index (χ2v) is 11.3. The van der Waals surface area contributed by atoms with E-state index in [1.807, 2.05) is 0 Å². The fourth-order valence-corrected chi connectivity index (χ4v) is 5.83. The predicted molar refractivity (Wildman–Crippen MR) is 132 cm³/mol. The van der Waals surface area contributed by atoms with Gasteiger partial charge in [0.25, 0.3) is 10.0 Å². The standard InChI is InChI=1S/C26H29FN2O4S/c1-5-34(32,33)29-22-8-6-7-17(14(22)2)24-21(27)13-20(25(28)30)19-12-15-11-16(26(3,4)31)9-10-18(15)23(19)24/h5-8,13,16,29,31H,1,9-12H2,2-4H3,(H2,28,30)/t16-/m1/s1. The fourth-order valence-electron chi connectivity index (χ4n) is 5.22. The number of anilines is 1. The molecule has 0 aliphatic heterocycles. The number of hydrogen-bond donors (Lipinski definition) is 3. The molecule has 2 aromatic carbocycles. The Morgan fingerprint density at radius 2 is 2.03 bits per heavy atom. The van der Waals surface area contributed by atoms with Crippen LogP contribution in [0.15, 0.2) is 41.8 Å². The molecule has 0 bridgehead atoms. The van der Waals surface area contributed by atoms with Crippen molar-refractivity contribution >= 4 is 27.2 Å². The van der Waals surface area contributed by atoms with Crippen LogP contribution in [0.2, 0.25) is 0 Å². The van der Waals surface area contributed by atoms with Gasteiger partial charge in [0.2, 0.25) is 5.91 Å². The van der Waals surface area contributed by atoms with Crippen molar-refractivity contribution in [3.8, 4) is 11.1 Å². The molecule has 1 amide bonds. The molecule has 4 rings (SSSR count). The van der Waals surface area contributed by atoms with Gasteiger partial charge in [-0.1, -0.05) is 24.3 Å². The minimum absolute atomic E-state index is 0.0595. The molecule has 0 saturated heterocycles. The molecule has 0 fully saturated rings. The van der Waals surface area contributed by atoms with Gasteiger partial charge in [-0.15, -0.1) is 0 Å². The molecule has 0 aromatic heterocycles. The number of hydrogen-bond acceptors (Lipinski definition) is 4. The smallest absolute Gasteiger partial charge is 0.254 e. The number of halogens is 1. The van der Waals surface area contributed by atoms with Gasteiger partial charge in [0.05, 0.1) is 11.3 Å². The maximum Gasteiger partial charge on any atom is 0.254 e. The second kappa shape index (κ2) is 8.36. The highest BCUT2D eigenvalue weighted by atomic mass is 32.2. The van der Waals surface area contributed by atoms with Gasteiger partial charge >= 0.3 is 0 Å². The molecule has 6 nitrogen and oxygen atoms in total. The third-order valence-corrected chi connectivity index (χ3v) is 8.02. The van der Waals surface area contributed by atoms with Crippen LogP contribution in [0, 0.1) is 18.7 Å². The van der Waals surface area contributed by atoms with E-state index in [4.69, 9.17) is 5.73 Å². The fraction of sp³-hybridized carbons (Fsp3) is 0.346. The Hall–Kier alpha value is -2.97. The van der Waals surface area contributed by atoms with Crippen LogP contribution in [0.1, 0.15) is 60.2 Å². The topological polar surface area (TPSA) is 109 Å². The first-order valence-corrected chi connectivity index (χ1v) is 12.7. The number of carbonyl (C=O) groups is 1. The zero-order chi connectivity index (χ0) is 25.0. The largest absolute Gasteiger partial charge is 0.390 e. The molecule has 8 heteroatoms. The molecule has 0 spiro atoms. The van der Waals surface area contributed by atoms with Crippen molar-refractivity contribution in [2.45, 2.75) is 52.1 Å². The van der Waals surface area contributed by atoms with Gasteiger partial charge in [-0.3, -0.25) is 9.52 Å². The summed E-state index contributed by atoms with van der Waals surface area (Å²) in [5.74, 6) is -1.22. The van der Waals surface area contributed by atoms with E-state index in [0.29, 0.717) is 52.8 Å². The number of amides is 1. The van der Waals surface area contributed by atoms with Gasteiger partial charge < -0.3 is 10.8 Å². The number of primary amides is 1. The lowest BCUT2D eigenvalue weighted by atomic mass is 9.75. The maximum absolute atomic E-state index is 15.7. The normalized spacial score (nSPS) is 17.9. The van der Waals surface area contributed by atoms with Crippen molar-refractivity contribution in [3.63, 3.8) is 0 Å². The van der Waals surface area contributed by atoms with Gasteiger partial charge in [0.1, 0.15) is 5.82 Å². The molecule has 0 unspecified atom stereocenters. The van der Waals surface area contributed by atoms with Crippen LogP contribution in [0.3, 0.4) is 0 Å². The molecule has 0 radical (unpaired) electrons. The monoisotopic (exact) mass is 484 g/mol. The average molecular weight is 485 g/mol. The van der Waals surface area contributed by atoms with E-state index >= 15 is 4.39 Å². The van der Waals surface area contributed by atoms with E-state index < -0.39 is 27.3 Å². The summed E-state index contributed by atoms with van der Waals surface area (Å²) < 4.78 is 42.2. The Bertz CT molecular complexity index is 1350. The maximum atomic E-state index is 15.7. The number of nitrogens with two attached hydrogens (primary N) is 1. The van der Waals surface area contributed by atoms with Crippen molar-refractivity contribution in [1.29, 1.82) is 0 Å². The lowest BCUT2D eigenvalue weighted by Crippen LogP contribution is -2.32. The molecule has 1 atom stereocenters. The summed E-state index contributed by atoms with van der Waals surface area (Å²) in [6, 6.07) is 6.19. The highest BCUT2D eigenvalue weighted by Crippen LogP contribution is 2.51. The summed E-state index contributed by atoms with van der Waals surface area (Å²) in [5.41, 5.74) is 10.1. The number of sulfonamides is 1. The Morgan fingerprint density at radius 1 is 1.32 bits per heavy atom. The molecule has 2 aliphatic rings. The SMILES string of the molecule is C=CS(=O)(=O)Nc1cccc(-c2c(F)cc(C(N)=O)c3c2C2=C(C3)C[C@H](C(C)(C)O)CC2)c1C. The molecular weight excluding hydrogens is 455 g/mol. The number of rotatable bonds is 6. The average Bonchev–Trinajstić information content (AvgIpc) is 3.13. The minimum atomic E-state index is -3.75. The quantitative estimate of drug-likeness (QED) is 0.554. The molecule has 34 heavy (non-hydrogen) atoms. The van der Waals surface area contributed by atoms with Crippen LogP contribution < -0.4 is 10.5 Å². The van der Waals surface area contributed by atoms with Crippen molar-refractivity contribution in [1.82, 2.24) is 0 Å². The summed E-state index contributed by atoms with van der Waals surface area (Å²) in [6.45, 7) is 8.63. The molecular formula is C26H29FN2O4S. The molecule has 0 saturated carbocycles. The number of carbonyl (C=O) groups excluding carboxylic acids is 1. The van der Waals surface area contributed by atoms with Crippen molar-refractivity contribution in [3.05, 3.63) is 69.9 Å². The number of fused-ring (bicyclic) bond motifs is 2. The summed E-state index contributed by atoms with van der Waals surface area (Å²) >= 11 is 0. The molecule has 4 N–H and O–H groups in total. The van der Waals surface area contributed by atoms with Crippen molar-refractivity contribution in [2.75, 3.05) is 4.72 Å². The van der Waals surface area contributed by atoms with Gasteiger partial charge in [-0.25, -0.2) is 12.8 Å². The van der Waals surface area contributed by atoms with Crippen LogP contribution in [-0.4, -0.2) is 25.0 Å². The van der Waals surface area contributed by atoms with E-state index in [1.54, 1.807) is 39.0 Å². The van der Waals surface area contributed by atoms with E-state index in [9.17, 15) is 18.3 Å². The Kier molecular flexibility index (Phi) is 5.94. The van der Waals surface area contributed by atoms with Crippen LogP contribution >= 0.6 is 0 Å². The van der Waals surface area contributed by atoms with E-state index in [0.717, 1.165) is 23.0 Å². The Labute approximate surface area is 199 Å². The highest BCUT2D eigenvalue weighted by molar-refractivity contribution is 7.95. The third kappa shape index (κ3) is 4.16. The minimum Gasteiger partial charge on any atom is -0.390 e. The predicted octanol–water partition coefficient (Wildman–Crippen LogP) is 4.67. The summed E-state index contributed by atoms with van der Waals surface area (Å²) in [4.78, 5) is 12.2. The zero-order valence-electron chi connectivity index (χ0n) is 19.5. The van der Waals surface area contributed by atoms with Crippen molar-refractivity contribution < 1.29 is 22.7 Å². The number of nitrogens with one attached hydrogen (secondary N) is 1. The summed E-state index contributed by atoms with van der Waals surface area (Å²) in [7, 11) is -3.75. The third-order valence-electron chi connectivity index (χ3n) is 7.08. The first-order chi connectivity index (χ1) is 15.8. The van der Waals surface area contributed by atoms with Crippen LogP contribution in [-0.2, 0) is 16.4 Å². The lowest BCUT2D eigenvalue weighted by Gasteiger charge is -2.33. The number of benzene rings is 2. The van der Waals surface area contributed by atoms with Gasteiger partial charge in [0.15, 0.2) is 0 Å². The first kappa shape index (κ1) is 24.2. The summed E-state index contributed by atoms with van der Waals surface area (Å²) in [6.07, 6.45) is 2.52. The molecule has 2 aromatic rings. The summed E-state index contributed by atoms with van der Waals surface area (Å²) in [5, 5.41) is 11.4. The van der Waals surface area contributed by atoms with Gasteiger partial charge in [-0.2, -0.15) is 0 Å². The van der Waals surface area contributed by atoms with Gasteiger partial charge in [-0.05, 0) is 92.3 Å². The second-order valence-electron chi connectivity index (χ2n) is 9.64. The zero-order valence-corrected chi connectivity index (χ0v) is 20.4. The van der Waals surface area contributed by atoms with E-state index in [-0.39, 0.29) is 11.5 Å². The lowest BCUT2D eigenvalue weighted by molar-refractivity contribution is 0.0123. The van der Waals surface area contributed by atoms with Crippen LogP contribution in [0.25, 0.3) is 16.7 Å². The number of aliphatic hydroxyl groups is 1. The van der Waals surface area contributed by atoms with Crippen LogP contribution in [0.5, 0.6) is 0 Å². The Balaban J connectivity index is 1.93. The number of allylic oxidation sites excluding steroid dienone is 2. The van der Waals surface area contributed by atoms with E-state index in [2.05, 4.69) is 11.3 Å². The molecule has 0 heterocycles. The van der Waals surface area contributed by atoms with Gasteiger partial charge in [0, 0.05) is 16.5 Å². The van der Waals surface area contributed by atoms with Crippen LogP contribution in [0.4, 0.5) is 10.1 Å². The molecule has 2 aliphatic carbocycles. The highest BCUT2D eigenvalue weighted by Gasteiger charge is 2.38.